The lowest BCUT2D eigenvalue weighted by Crippen LogP contribution is -2.56. The van der Waals surface area contributed by atoms with E-state index in [0.29, 0.717) is 0 Å². The summed E-state index contributed by atoms with van der Waals surface area (Å²) in [5.74, 6) is -0.974. The van der Waals surface area contributed by atoms with Crippen molar-refractivity contribution in [1.29, 1.82) is 0 Å². The van der Waals surface area contributed by atoms with E-state index in [9.17, 15) is 17.6 Å². The Kier molecular flexibility index (Phi) is 5.47. The summed E-state index contributed by atoms with van der Waals surface area (Å²) in [4.78, 5) is 4.45. The lowest BCUT2D eigenvalue weighted by molar-refractivity contribution is -0.275. The van der Waals surface area contributed by atoms with Crippen LogP contribution in [0.25, 0.3) is 0 Å². The average Bonchev–Trinajstić information content (AvgIpc) is 3.31. The Hall–Kier alpha value is -1.87. The minimum Gasteiger partial charge on any atom is -0.375 e. The quantitative estimate of drug-likeness (QED) is 0.461. The highest BCUT2D eigenvalue weighted by Gasteiger charge is 2.60. The second-order valence-corrected chi connectivity index (χ2v) is 8.02. The molecule has 1 spiro atoms. The summed E-state index contributed by atoms with van der Waals surface area (Å²) in [6.07, 6.45) is -4.26. The van der Waals surface area contributed by atoms with Crippen LogP contribution in [0, 0.1) is 5.82 Å². The topological polar surface area (TPSA) is 42.9 Å². The third-order valence-electron chi connectivity index (χ3n) is 5.40. The summed E-state index contributed by atoms with van der Waals surface area (Å²) in [7, 11) is 0. The van der Waals surface area contributed by atoms with E-state index in [1.165, 1.54) is 11.1 Å². The monoisotopic (exact) mass is 462 g/mol. The fourth-order valence-electron chi connectivity index (χ4n) is 3.65. The van der Waals surface area contributed by atoms with Gasteiger partial charge >= 0.3 is 6.18 Å². The van der Waals surface area contributed by atoms with Crippen LogP contribution in [0.15, 0.2) is 41.6 Å². The molecule has 1 unspecified atom stereocenters. The molecule has 5 rings (SSSR count). The Morgan fingerprint density at radius 1 is 1.07 bits per heavy atom. The van der Waals surface area contributed by atoms with E-state index in [1.54, 1.807) is 0 Å². The van der Waals surface area contributed by atoms with Gasteiger partial charge in [0.15, 0.2) is 5.82 Å². The lowest BCUT2D eigenvalue weighted by Gasteiger charge is -2.38. The average molecular weight is 463 g/mol. The summed E-state index contributed by atoms with van der Waals surface area (Å²) < 4.78 is 58.2. The minimum absolute atomic E-state index is 0.0383. The van der Waals surface area contributed by atoms with Gasteiger partial charge in [-0.1, -0.05) is 52.6 Å². The van der Waals surface area contributed by atoms with Crippen LogP contribution in [0.3, 0.4) is 0 Å². The molecule has 0 amide bonds. The van der Waals surface area contributed by atoms with Crippen LogP contribution in [0.2, 0.25) is 10.0 Å². The summed E-state index contributed by atoms with van der Waals surface area (Å²) in [5, 5.41) is 5.39. The first-order chi connectivity index (χ1) is 14.2. The van der Waals surface area contributed by atoms with Crippen molar-refractivity contribution in [3.05, 3.63) is 69.0 Å². The number of alkyl halides is 3. The van der Waals surface area contributed by atoms with Gasteiger partial charge in [-0.25, -0.2) is 4.39 Å². The highest BCUT2D eigenvalue weighted by molar-refractivity contribution is 6.35. The van der Waals surface area contributed by atoms with E-state index in [0.717, 1.165) is 38.0 Å². The van der Waals surface area contributed by atoms with Crippen molar-refractivity contribution in [1.82, 2.24) is 5.32 Å². The molecule has 0 aromatic heterocycles. The third-order valence-corrected chi connectivity index (χ3v) is 5.95. The predicted octanol–water partition coefficient (Wildman–Crippen LogP) is 5.31. The van der Waals surface area contributed by atoms with Crippen LogP contribution in [0.5, 0.6) is 0 Å². The van der Waals surface area contributed by atoms with Gasteiger partial charge in [0.1, 0.15) is 5.60 Å². The van der Waals surface area contributed by atoms with Crippen LogP contribution in [0.4, 0.5) is 17.6 Å². The molecule has 2 aromatic rings. The zero-order valence-electron chi connectivity index (χ0n) is 15.4. The molecule has 4 nitrogen and oxygen atoms in total. The number of ether oxygens (including phenoxy) is 1. The molecule has 0 saturated carbocycles. The van der Waals surface area contributed by atoms with Crippen LogP contribution < -0.4 is 5.32 Å². The molecule has 3 heterocycles. The maximum Gasteiger partial charge on any atom is 0.435 e. The zero-order valence-corrected chi connectivity index (χ0v) is 16.9. The Balaban J connectivity index is 0.000000156. The van der Waals surface area contributed by atoms with Crippen molar-refractivity contribution in [3.8, 4) is 0 Å². The number of oxime groups is 1. The summed E-state index contributed by atoms with van der Waals surface area (Å²) >= 11 is 11.0. The lowest BCUT2D eigenvalue weighted by atomic mass is 9.87. The van der Waals surface area contributed by atoms with E-state index in [-0.39, 0.29) is 11.2 Å². The Morgan fingerprint density at radius 3 is 2.27 bits per heavy atom. The summed E-state index contributed by atoms with van der Waals surface area (Å²) in [6.45, 7) is 2.74. The SMILES string of the molecule is Fc1c(Cl)cc(C2(C(F)(F)F)CC=NO2)cc1Cl.c1ccc2c(c1)COC21CNC1. The zero-order chi connectivity index (χ0) is 21.6. The maximum absolute atomic E-state index is 13.2. The first-order valence-electron chi connectivity index (χ1n) is 9.03. The van der Waals surface area contributed by atoms with E-state index in [1.807, 2.05) is 0 Å². The number of hydrogen-bond acceptors (Lipinski definition) is 4. The standard InChI is InChI=1S/C10H5Cl2F4NO.C10H11NO/c11-6-3-5(4-7(12)8(6)13)9(10(14,15)16)1-2-17-18-9;1-2-4-9-8(3-1)5-12-10(9)6-11-7-10/h2-4H,1H2;1-4,11H,5-7H2. The number of halogens is 6. The second-order valence-electron chi connectivity index (χ2n) is 7.21. The van der Waals surface area contributed by atoms with Crippen LogP contribution >= 0.6 is 23.2 Å². The molecule has 1 fully saturated rings. The molecule has 0 bridgehead atoms. The number of nitrogens with zero attached hydrogens (tertiary/aromatic N) is 1. The maximum atomic E-state index is 13.2. The molecule has 160 valence electrons. The van der Waals surface area contributed by atoms with Gasteiger partial charge in [-0.05, 0) is 23.3 Å². The van der Waals surface area contributed by atoms with Gasteiger partial charge in [0, 0.05) is 31.3 Å². The van der Waals surface area contributed by atoms with Crippen LogP contribution in [-0.4, -0.2) is 25.5 Å². The molecule has 1 atom stereocenters. The van der Waals surface area contributed by atoms with E-state index < -0.39 is 34.1 Å². The molecule has 0 radical (unpaired) electrons. The molecule has 1 N–H and O–H groups in total. The van der Waals surface area contributed by atoms with Gasteiger partial charge in [0.05, 0.1) is 16.7 Å². The minimum atomic E-state index is -4.73. The van der Waals surface area contributed by atoms with Crippen molar-refractivity contribution >= 4 is 29.4 Å². The fourth-order valence-corrected chi connectivity index (χ4v) is 4.14. The highest BCUT2D eigenvalue weighted by atomic mass is 35.5. The molecule has 10 heteroatoms. The van der Waals surface area contributed by atoms with Crippen LogP contribution in [0.1, 0.15) is 23.1 Å². The molecule has 3 aliphatic rings. The van der Waals surface area contributed by atoms with Gasteiger partial charge < -0.3 is 14.9 Å². The van der Waals surface area contributed by atoms with E-state index in [2.05, 4.69) is 39.6 Å². The number of fused-ring (bicyclic) bond motifs is 2. The van der Waals surface area contributed by atoms with E-state index in [4.69, 9.17) is 27.9 Å². The smallest absolute Gasteiger partial charge is 0.375 e. The molecule has 30 heavy (non-hydrogen) atoms. The second kappa shape index (κ2) is 7.67. The van der Waals surface area contributed by atoms with Crippen molar-refractivity contribution in [3.63, 3.8) is 0 Å². The molecular weight excluding hydrogens is 447 g/mol. The Bertz CT molecular complexity index is 962. The molecule has 2 aromatic carbocycles. The first-order valence-corrected chi connectivity index (χ1v) is 9.79. The highest BCUT2D eigenvalue weighted by Crippen LogP contribution is 2.48. The van der Waals surface area contributed by atoms with Crippen molar-refractivity contribution in [2.75, 3.05) is 13.1 Å². The summed E-state index contributed by atoms with van der Waals surface area (Å²) in [6, 6.07) is 10.2. The molecule has 3 aliphatic heterocycles. The van der Waals surface area contributed by atoms with Gasteiger partial charge in [-0.2, -0.15) is 13.2 Å². The summed E-state index contributed by atoms with van der Waals surface area (Å²) in [5.41, 5.74) is -0.253. The number of hydrogen-bond donors (Lipinski definition) is 1. The van der Waals surface area contributed by atoms with Gasteiger partial charge in [0.25, 0.3) is 5.60 Å². The molecular formula is C20H16Cl2F4N2O2. The third kappa shape index (κ3) is 3.45. The normalized spacial score (nSPS) is 23.4. The van der Waals surface area contributed by atoms with Gasteiger partial charge in [0.2, 0.25) is 0 Å². The predicted molar refractivity (Wildman–Crippen MR) is 104 cm³/mol. The van der Waals surface area contributed by atoms with Crippen molar-refractivity contribution in [2.24, 2.45) is 5.16 Å². The fraction of sp³-hybridized carbons (Fsp3) is 0.350. The number of rotatable bonds is 1. The Labute approximate surface area is 179 Å². The van der Waals surface area contributed by atoms with Crippen LogP contribution in [-0.2, 0) is 27.4 Å². The largest absolute Gasteiger partial charge is 0.435 e. The number of benzene rings is 2. The molecule has 0 aliphatic carbocycles. The molecule has 1 saturated heterocycles. The van der Waals surface area contributed by atoms with Crippen molar-refractivity contribution < 1.29 is 27.1 Å². The first kappa shape index (κ1) is 21.4. The van der Waals surface area contributed by atoms with E-state index >= 15 is 0 Å². The Morgan fingerprint density at radius 2 is 1.73 bits per heavy atom. The number of nitrogens with one attached hydrogen (secondary N) is 1. The van der Waals surface area contributed by atoms with Crippen molar-refractivity contribution in [2.45, 2.75) is 30.4 Å². The van der Waals surface area contributed by atoms with Gasteiger partial charge in [-0.3, -0.25) is 0 Å². The van der Waals surface area contributed by atoms with Gasteiger partial charge in [-0.15, -0.1) is 0 Å².